The summed E-state index contributed by atoms with van der Waals surface area (Å²) in [6.45, 7) is 3.00. The van der Waals surface area contributed by atoms with E-state index in [4.69, 9.17) is 0 Å². The fourth-order valence-electron chi connectivity index (χ4n) is 3.26. The van der Waals surface area contributed by atoms with Crippen molar-refractivity contribution in [2.24, 2.45) is 0 Å². The van der Waals surface area contributed by atoms with E-state index in [0.29, 0.717) is 18.2 Å². The second-order valence-electron chi connectivity index (χ2n) is 6.39. The molecule has 25 heavy (non-hydrogen) atoms. The number of carbonyl (C=O) groups is 1. The Kier molecular flexibility index (Phi) is 6.14. The number of rotatable bonds is 8. The molecule has 1 fully saturated rings. The van der Waals surface area contributed by atoms with Gasteiger partial charge in [-0.05, 0) is 63.0 Å². The molecule has 1 aromatic heterocycles. The first-order valence-electron chi connectivity index (χ1n) is 8.86. The van der Waals surface area contributed by atoms with Crippen molar-refractivity contribution in [3.63, 3.8) is 0 Å². The normalized spacial score (nSPS) is 17.7. The highest BCUT2D eigenvalue weighted by molar-refractivity contribution is 5.94. The Bertz CT molecular complexity index is 657. The Labute approximate surface area is 147 Å². The van der Waals surface area contributed by atoms with Gasteiger partial charge in [-0.1, -0.05) is 0 Å². The molecule has 2 heterocycles. The van der Waals surface area contributed by atoms with Crippen LogP contribution in [0.2, 0.25) is 0 Å². The van der Waals surface area contributed by atoms with Crippen molar-refractivity contribution in [1.29, 1.82) is 0 Å². The molecule has 0 aliphatic carbocycles. The fourth-order valence-corrected chi connectivity index (χ4v) is 3.26. The van der Waals surface area contributed by atoms with E-state index in [2.05, 4.69) is 20.4 Å². The predicted molar refractivity (Wildman–Crippen MR) is 94.6 cm³/mol. The molecular formula is C18H25N5O2. The molecule has 2 aromatic rings. The summed E-state index contributed by atoms with van der Waals surface area (Å²) < 4.78 is 1.79. The van der Waals surface area contributed by atoms with Gasteiger partial charge in [-0.2, -0.15) is 0 Å². The monoisotopic (exact) mass is 343 g/mol. The van der Waals surface area contributed by atoms with Crippen molar-refractivity contribution < 1.29 is 9.90 Å². The number of aliphatic hydroxyl groups is 1. The van der Waals surface area contributed by atoms with Crippen molar-refractivity contribution in [2.45, 2.75) is 31.7 Å². The molecule has 0 spiro atoms. The third kappa shape index (κ3) is 4.64. The third-order valence-corrected chi connectivity index (χ3v) is 4.71. The molecule has 3 rings (SSSR count). The maximum absolute atomic E-state index is 12.2. The van der Waals surface area contributed by atoms with Crippen LogP contribution < -0.4 is 5.32 Å². The van der Waals surface area contributed by atoms with Crippen LogP contribution in [0.5, 0.6) is 0 Å². The van der Waals surface area contributed by atoms with E-state index in [-0.39, 0.29) is 12.5 Å². The lowest BCUT2D eigenvalue weighted by atomic mass is 10.2. The van der Waals surface area contributed by atoms with Gasteiger partial charge >= 0.3 is 0 Å². The molecule has 7 heteroatoms. The lowest BCUT2D eigenvalue weighted by Crippen LogP contribution is -2.33. The van der Waals surface area contributed by atoms with E-state index in [1.165, 1.54) is 6.42 Å². The highest BCUT2D eigenvalue weighted by Crippen LogP contribution is 2.16. The number of likely N-dealkylation sites (tertiary alicyclic amines) is 1. The molecule has 1 aliphatic rings. The summed E-state index contributed by atoms with van der Waals surface area (Å²) in [4.78, 5) is 14.5. The lowest BCUT2D eigenvalue weighted by molar-refractivity contribution is 0.0952. The van der Waals surface area contributed by atoms with Gasteiger partial charge in [0.2, 0.25) is 0 Å². The molecule has 7 nitrogen and oxygen atoms in total. The first-order chi connectivity index (χ1) is 12.3. The van der Waals surface area contributed by atoms with Crippen molar-refractivity contribution in [3.8, 4) is 5.69 Å². The fraction of sp³-hybridized carbons (Fsp3) is 0.500. The van der Waals surface area contributed by atoms with Gasteiger partial charge in [0.15, 0.2) is 0 Å². The first-order valence-corrected chi connectivity index (χ1v) is 8.86. The molecule has 1 atom stereocenters. The zero-order valence-corrected chi connectivity index (χ0v) is 14.3. The SMILES string of the molecule is O=C(NCCCCN1CCCC1CO)c1ccc(-n2cnnc2)cc1. The Morgan fingerprint density at radius 2 is 1.96 bits per heavy atom. The number of benzene rings is 1. The minimum atomic E-state index is -0.0512. The number of nitrogens with zero attached hydrogens (tertiary/aromatic N) is 4. The van der Waals surface area contributed by atoms with Crippen molar-refractivity contribution >= 4 is 5.91 Å². The van der Waals surface area contributed by atoms with Crippen LogP contribution in [0, 0.1) is 0 Å². The van der Waals surface area contributed by atoms with E-state index in [1.807, 2.05) is 12.1 Å². The number of nitrogens with one attached hydrogen (secondary N) is 1. The minimum Gasteiger partial charge on any atom is -0.395 e. The molecule has 0 radical (unpaired) electrons. The summed E-state index contributed by atoms with van der Waals surface area (Å²) in [5.41, 5.74) is 1.57. The van der Waals surface area contributed by atoms with E-state index in [1.54, 1.807) is 29.4 Å². The summed E-state index contributed by atoms with van der Waals surface area (Å²) in [5.74, 6) is -0.0512. The molecule has 2 N–H and O–H groups in total. The number of aromatic nitrogens is 3. The number of amides is 1. The van der Waals surface area contributed by atoms with Gasteiger partial charge in [-0.3, -0.25) is 14.3 Å². The van der Waals surface area contributed by atoms with Crippen LogP contribution in [-0.4, -0.2) is 63.0 Å². The smallest absolute Gasteiger partial charge is 0.251 e. The molecule has 1 aliphatic heterocycles. The predicted octanol–water partition coefficient (Wildman–Crippen LogP) is 1.23. The van der Waals surface area contributed by atoms with Gasteiger partial charge in [-0.25, -0.2) is 0 Å². The molecule has 1 saturated heterocycles. The Hall–Kier alpha value is -2.25. The summed E-state index contributed by atoms with van der Waals surface area (Å²) in [5, 5.41) is 19.8. The summed E-state index contributed by atoms with van der Waals surface area (Å²) >= 11 is 0. The summed E-state index contributed by atoms with van der Waals surface area (Å²) in [6.07, 6.45) is 7.49. The van der Waals surface area contributed by atoms with Gasteiger partial charge in [0, 0.05) is 23.8 Å². The van der Waals surface area contributed by atoms with E-state index in [9.17, 15) is 9.90 Å². The number of hydrogen-bond acceptors (Lipinski definition) is 5. The highest BCUT2D eigenvalue weighted by atomic mass is 16.3. The Balaban J connectivity index is 1.38. The van der Waals surface area contributed by atoms with Crippen molar-refractivity contribution in [3.05, 3.63) is 42.5 Å². The van der Waals surface area contributed by atoms with Gasteiger partial charge in [0.1, 0.15) is 12.7 Å². The van der Waals surface area contributed by atoms with Crippen LogP contribution in [0.1, 0.15) is 36.0 Å². The van der Waals surface area contributed by atoms with Gasteiger partial charge in [0.05, 0.1) is 6.61 Å². The third-order valence-electron chi connectivity index (χ3n) is 4.71. The minimum absolute atomic E-state index is 0.0512. The average Bonchev–Trinajstić information content (AvgIpc) is 3.33. The number of unbranched alkanes of at least 4 members (excludes halogenated alkanes) is 1. The molecule has 1 unspecified atom stereocenters. The lowest BCUT2D eigenvalue weighted by Gasteiger charge is -2.22. The van der Waals surface area contributed by atoms with Crippen LogP contribution >= 0.6 is 0 Å². The topological polar surface area (TPSA) is 83.3 Å². The second-order valence-corrected chi connectivity index (χ2v) is 6.39. The van der Waals surface area contributed by atoms with E-state index in [0.717, 1.165) is 38.0 Å². The standard InChI is InChI=1S/C18H25N5O2/c24-12-17-4-3-11-22(17)10-2-1-9-19-18(25)15-5-7-16(8-6-15)23-13-20-21-14-23/h5-8,13-14,17,24H,1-4,9-12H2,(H,19,25). The van der Waals surface area contributed by atoms with Crippen LogP contribution in [0.3, 0.4) is 0 Å². The number of carbonyl (C=O) groups excluding carboxylic acids is 1. The first kappa shape index (κ1) is 17.6. The van der Waals surface area contributed by atoms with Crippen molar-refractivity contribution in [2.75, 3.05) is 26.2 Å². The highest BCUT2D eigenvalue weighted by Gasteiger charge is 2.22. The van der Waals surface area contributed by atoms with Gasteiger partial charge in [-0.15, -0.1) is 10.2 Å². The van der Waals surface area contributed by atoms with Crippen LogP contribution in [0.25, 0.3) is 5.69 Å². The molecule has 1 amide bonds. The van der Waals surface area contributed by atoms with Crippen LogP contribution in [0.15, 0.2) is 36.9 Å². The van der Waals surface area contributed by atoms with E-state index < -0.39 is 0 Å². The zero-order chi connectivity index (χ0) is 17.5. The maximum Gasteiger partial charge on any atom is 0.251 e. The molecule has 0 bridgehead atoms. The maximum atomic E-state index is 12.2. The zero-order valence-electron chi connectivity index (χ0n) is 14.3. The molecule has 1 aromatic carbocycles. The number of hydrogen-bond donors (Lipinski definition) is 2. The van der Waals surface area contributed by atoms with Gasteiger partial charge < -0.3 is 10.4 Å². The summed E-state index contributed by atoms with van der Waals surface area (Å²) in [7, 11) is 0. The quantitative estimate of drug-likeness (QED) is 0.705. The molecule has 134 valence electrons. The van der Waals surface area contributed by atoms with Crippen LogP contribution in [-0.2, 0) is 0 Å². The molecular weight excluding hydrogens is 318 g/mol. The van der Waals surface area contributed by atoms with Gasteiger partial charge in [0.25, 0.3) is 5.91 Å². The van der Waals surface area contributed by atoms with E-state index >= 15 is 0 Å². The van der Waals surface area contributed by atoms with Crippen LogP contribution in [0.4, 0.5) is 0 Å². The average molecular weight is 343 g/mol. The Morgan fingerprint density at radius 1 is 1.20 bits per heavy atom. The summed E-state index contributed by atoms with van der Waals surface area (Å²) in [6, 6.07) is 7.70. The number of aliphatic hydroxyl groups excluding tert-OH is 1. The van der Waals surface area contributed by atoms with Crippen molar-refractivity contribution in [1.82, 2.24) is 25.0 Å². The molecule has 0 saturated carbocycles. The Morgan fingerprint density at radius 3 is 2.68 bits per heavy atom. The second kappa shape index (κ2) is 8.73. The largest absolute Gasteiger partial charge is 0.395 e.